The summed E-state index contributed by atoms with van der Waals surface area (Å²) < 4.78 is 7.76. The van der Waals surface area contributed by atoms with Crippen LogP contribution in [0.25, 0.3) is 0 Å². The van der Waals surface area contributed by atoms with E-state index in [1.807, 2.05) is 37.6 Å². The van der Waals surface area contributed by atoms with Gasteiger partial charge < -0.3 is 4.74 Å². The molecule has 0 spiro atoms. The van der Waals surface area contributed by atoms with E-state index < -0.39 is 0 Å². The molecule has 0 aliphatic carbocycles. The molecule has 1 heterocycles. The lowest BCUT2D eigenvalue weighted by atomic mass is 10.1. The molecule has 0 radical (unpaired) electrons. The first-order valence-electron chi connectivity index (χ1n) is 6.44. The lowest BCUT2D eigenvalue weighted by Gasteiger charge is -2.11. The Kier molecular flexibility index (Phi) is 4.15. The van der Waals surface area contributed by atoms with E-state index in [0.717, 1.165) is 29.2 Å². The standard InChI is InChI=1S/C15H19ClN2O/c1-5-18-13(15(16)12(4)17-18)9-19-14-7-6-10(2)8-11(14)3/h6-8H,5,9H2,1-4H3. The summed E-state index contributed by atoms with van der Waals surface area (Å²) in [6.45, 7) is 9.31. The number of aromatic nitrogens is 2. The predicted molar refractivity (Wildman–Crippen MR) is 77.9 cm³/mol. The lowest BCUT2D eigenvalue weighted by molar-refractivity contribution is 0.290. The average molecular weight is 279 g/mol. The Balaban J connectivity index is 2.18. The Morgan fingerprint density at radius 2 is 2.00 bits per heavy atom. The minimum Gasteiger partial charge on any atom is -0.487 e. The average Bonchev–Trinajstić information content (AvgIpc) is 2.65. The van der Waals surface area contributed by atoms with E-state index in [9.17, 15) is 0 Å². The Morgan fingerprint density at radius 1 is 1.26 bits per heavy atom. The van der Waals surface area contributed by atoms with E-state index in [-0.39, 0.29) is 0 Å². The zero-order valence-electron chi connectivity index (χ0n) is 11.8. The van der Waals surface area contributed by atoms with Crippen molar-refractivity contribution < 1.29 is 4.74 Å². The quantitative estimate of drug-likeness (QED) is 0.843. The number of ether oxygens (including phenoxy) is 1. The molecule has 1 aromatic heterocycles. The Morgan fingerprint density at radius 3 is 2.63 bits per heavy atom. The van der Waals surface area contributed by atoms with Crippen LogP contribution in [0.15, 0.2) is 18.2 Å². The number of benzene rings is 1. The molecule has 0 aliphatic rings. The van der Waals surface area contributed by atoms with E-state index in [2.05, 4.69) is 18.1 Å². The lowest BCUT2D eigenvalue weighted by Crippen LogP contribution is -2.07. The van der Waals surface area contributed by atoms with Gasteiger partial charge in [0.25, 0.3) is 0 Å². The van der Waals surface area contributed by atoms with Crippen LogP contribution in [0.5, 0.6) is 5.75 Å². The van der Waals surface area contributed by atoms with Crippen molar-refractivity contribution in [3.05, 3.63) is 45.7 Å². The van der Waals surface area contributed by atoms with Crippen LogP contribution in [-0.2, 0) is 13.2 Å². The van der Waals surface area contributed by atoms with Gasteiger partial charge in [-0.1, -0.05) is 29.3 Å². The molecule has 102 valence electrons. The third kappa shape index (κ3) is 2.92. The highest BCUT2D eigenvalue weighted by molar-refractivity contribution is 6.31. The molecule has 0 bridgehead atoms. The van der Waals surface area contributed by atoms with Crippen LogP contribution in [0.2, 0.25) is 5.02 Å². The molecule has 3 nitrogen and oxygen atoms in total. The Bertz CT molecular complexity index is 590. The van der Waals surface area contributed by atoms with Crippen LogP contribution in [0.3, 0.4) is 0 Å². The fraction of sp³-hybridized carbons (Fsp3) is 0.400. The third-order valence-electron chi connectivity index (χ3n) is 3.15. The summed E-state index contributed by atoms with van der Waals surface area (Å²) in [7, 11) is 0. The molecule has 0 fully saturated rings. The molecule has 0 unspecified atom stereocenters. The molecule has 2 rings (SSSR count). The summed E-state index contributed by atoms with van der Waals surface area (Å²) in [5.74, 6) is 0.892. The van der Waals surface area contributed by atoms with Gasteiger partial charge in [-0.05, 0) is 39.3 Å². The zero-order chi connectivity index (χ0) is 14.0. The van der Waals surface area contributed by atoms with Crippen LogP contribution in [0.4, 0.5) is 0 Å². The molecule has 0 saturated heterocycles. The van der Waals surface area contributed by atoms with Crippen LogP contribution in [0.1, 0.15) is 29.4 Å². The number of halogens is 1. The fourth-order valence-electron chi connectivity index (χ4n) is 2.11. The van der Waals surface area contributed by atoms with Gasteiger partial charge in [-0.2, -0.15) is 5.10 Å². The maximum absolute atomic E-state index is 6.26. The fourth-order valence-corrected chi connectivity index (χ4v) is 2.30. The first kappa shape index (κ1) is 13.9. The molecule has 2 aromatic rings. The Hall–Kier alpha value is -1.48. The van der Waals surface area contributed by atoms with E-state index in [4.69, 9.17) is 16.3 Å². The van der Waals surface area contributed by atoms with Crippen molar-refractivity contribution in [2.45, 2.75) is 40.8 Å². The number of aryl methyl sites for hydroxylation is 4. The predicted octanol–water partition coefficient (Wildman–Crippen LogP) is 4.06. The van der Waals surface area contributed by atoms with Gasteiger partial charge in [0.2, 0.25) is 0 Å². The van der Waals surface area contributed by atoms with E-state index in [1.165, 1.54) is 5.56 Å². The number of hydrogen-bond acceptors (Lipinski definition) is 2. The van der Waals surface area contributed by atoms with Gasteiger partial charge in [0.1, 0.15) is 12.4 Å². The van der Waals surface area contributed by atoms with Crippen LogP contribution < -0.4 is 4.74 Å². The molecule has 0 amide bonds. The van der Waals surface area contributed by atoms with Crippen molar-refractivity contribution in [1.82, 2.24) is 9.78 Å². The van der Waals surface area contributed by atoms with Crippen molar-refractivity contribution in [2.75, 3.05) is 0 Å². The molecule has 0 aliphatic heterocycles. The van der Waals surface area contributed by atoms with E-state index >= 15 is 0 Å². The van der Waals surface area contributed by atoms with Gasteiger partial charge in [0.15, 0.2) is 0 Å². The summed E-state index contributed by atoms with van der Waals surface area (Å²) in [6, 6.07) is 6.16. The van der Waals surface area contributed by atoms with Gasteiger partial charge >= 0.3 is 0 Å². The van der Waals surface area contributed by atoms with Crippen LogP contribution in [0, 0.1) is 20.8 Å². The number of hydrogen-bond donors (Lipinski definition) is 0. The highest BCUT2D eigenvalue weighted by atomic mass is 35.5. The molecule has 0 atom stereocenters. The van der Waals surface area contributed by atoms with Gasteiger partial charge in [-0.3, -0.25) is 4.68 Å². The van der Waals surface area contributed by atoms with Crippen molar-refractivity contribution in [2.24, 2.45) is 0 Å². The van der Waals surface area contributed by atoms with E-state index in [1.54, 1.807) is 0 Å². The normalized spacial score (nSPS) is 10.8. The molecular formula is C15H19ClN2O. The number of rotatable bonds is 4. The van der Waals surface area contributed by atoms with Gasteiger partial charge in [-0.25, -0.2) is 0 Å². The van der Waals surface area contributed by atoms with Crippen molar-refractivity contribution in [3.63, 3.8) is 0 Å². The van der Waals surface area contributed by atoms with Gasteiger partial charge in [-0.15, -0.1) is 0 Å². The SMILES string of the molecule is CCn1nc(C)c(Cl)c1COc1ccc(C)cc1C. The molecular weight excluding hydrogens is 260 g/mol. The Labute approximate surface area is 119 Å². The summed E-state index contributed by atoms with van der Waals surface area (Å²) in [5, 5.41) is 5.08. The summed E-state index contributed by atoms with van der Waals surface area (Å²) >= 11 is 6.26. The van der Waals surface area contributed by atoms with Gasteiger partial charge in [0, 0.05) is 6.54 Å². The van der Waals surface area contributed by atoms with Crippen LogP contribution >= 0.6 is 11.6 Å². The molecule has 4 heteroatoms. The summed E-state index contributed by atoms with van der Waals surface area (Å²) in [4.78, 5) is 0. The third-order valence-corrected chi connectivity index (χ3v) is 3.64. The van der Waals surface area contributed by atoms with E-state index in [0.29, 0.717) is 11.6 Å². The maximum Gasteiger partial charge on any atom is 0.131 e. The highest BCUT2D eigenvalue weighted by Gasteiger charge is 2.13. The van der Waals surface area contributed by atoms with Crippen LogP contribution in [-0.4, -0.2) is 9.78 Å². The summed E-state index contributed by atoms with van der Waals surface area (Å²) in [6.07, 6.45) is 0. The first-order chi connectivity index (χ1) is 9.02. The minimum absolute atomic E-state index is 0.442. The maximum atomic E-state index is 6.26. The second kappa shape index (κ2) is 5.66. The second-order valence-electron chi connectivity index (χ2n) is 4.72. The van der Waals surface area contributed by atoms with Crippen molar-refractivity contribution >= 4 is 11.6 Å². The highest BCUT2D eigenvalue weighted by Crippen LogP contribution is 2.24. The van der Waals surface area contributed by atoms with Gasteiger partial charge in [0.05, 0.1) is 16.4 Å². The monoisotopic (exact) mass is 278 g/mol. The first-order valence-corrected chi connectivity index (χ1v) is 6.82. The molecule has 0 saturated carbocycles. The number of nitrogens with zero attached hydrogens (tertiary/aromatic N) is 2. The minimum atomic E-state index is 0.442. The van der Waals surface area contributed by atoms with Crippen molar-refractivity contribution in [3.8, 4) is 5.75 Å². The molecule has 19 heavy (non-hydrogen) atoms. The second-order valence-corrected chi connectivity index (χ2v) is 5.10. The summed E-state index contributed by atoms with van der Waals surface area (Å²) in [5.41, 5.74) is 4.15. The van der Waals surface area contributed by atoms with Crippen molar-refractivity contribution in [1.29, 1.82) is 0 Å². The molecule has 1 aromatic carbocycles. The topological polar surface area (TPSA) is 27.1 Å². The largest absolute Gasteiger partial charge is 0.487 e. The smallest absolute Gasteiger partial charge is 0.131 e. The zero-order valence-corrected chi connectivity index (χ0v) is 12.6. The molecule has 0 N–H and O–H groups in total.